The van der Waals surface area contributed by atoms with Crippen LogP contribution in [-0.4, -0.2) is 33.0 Å². The maximum Gasteiger partial charge on any atom is 0.260 e. The molecule has 0 radical (unpaired) electrons. The molecule has 0 saturated carbocycles. The lowest BCUT2D eigenvalue weighted by Crippen LogP contribution is -2.38. The van der Waals surface area contributed by atoms with Crippen molar-refractivity contribution in [2.75, 3.05) is 6.54 Å². The molecule has 0 spiro atoms. The Hall–Kier alpha value is -1.60. The lowest BCUT2D eigenvalue weighted by molar-refractivity contribution is -0.127. The summed E-state index contributed by atoms with van der Waals surface area (Å²) in [6.45, 7) is 10.1. The molecule has 25 heavy (non-hydrogen) atoms. The molecule has 7 heteroatoms. The Morgan fingerprint density at radius 1 is 1.12 bits per heavy atom. The zero-order chi connectivity index (χ0) is 19.0. The third kappa shape index (κ3) is 7.44. The molecule has 6 nitrogen and oxygen atoms in total. The number of amides is 1. The predicted molar refractivity (Wildman–Crippen MR) is 99.1 cm³/mol. The summed E-state index contributed by atoms with van der Waals surface area (Å²) in [5.74, 6) is 0.622. The van der Waals surface area contributed by atoms with Crippen LogP contribution in [0, 0.1) is 5.92 Å². The normalized spacial score (nSPS) is 14.2. The Kier molecular flexibility index (Phi) is 8.38. The van der Waals surface area contributed by atoms with Gasteiger partial charge < -0.3 is 10.1 Å². The van der Waals surface area contributed by atoms with E-state index in [1.807, 2.05) is 27.7 Å². The summed E-state index contributed by atoms with van der Waals surface area (Å²) < 4.78 is 32.8. The first-order valence-corrected chi connectivity index (χ1v) is 10.2. The van der Waals surface area contributed by atoms with Crippen molar-refractivity contribution in [1.82, 2.24) is 10.0 Å². The highest BCUT2D eigenvalue weighted by molar-refractivity contribution is 7.89. The number of ether oxygens (including phenoxy) is 1. The van der Waals surface area contributed by atoms with E-state index in [9.17, 15) is 13.2 Å². The first-order valence-electron chi connectivity index (χ1n) is 8.72. The van der Waals surface area contributed by atoms with Gasteiger partial charge in [-0.25, -0.2) is 13.1 Å². The second kappa shape index (κ2) is 9.77. The number of carbonyl (C=O) groups excluding carboxylic acids is 1. The van der Waals surface area contributed by atoms with Crippen LogP contribution in [0.3, 0.4) is 0 Å². The van der Waals surface area contributed by atoms with Crippen LogP contribution >= 0.6 is 0 Å². The SMILES string of the molecule is CCC[C@H](C)NS(=O)(=O)c1ccc(O[C@H](C)C(=O)NCC(C)C)cc1. The second-order valence-electron chi connectivity index (χ2n) is 6.68. The molecule has 1 aromatic rings. The summed E-state index contributed by atoms with van der Waals surface area (Å²) in [5.41, 5.74) is 0. The van der Waals surface area contributed by atoms with Crippen molar-refractivity contribution in [3.63, 3.8) is 0 Å². The van der Waals surface area contributed by atoms with Crippen molar-refractivity contribution in [3.8, 4) is 5.75 Å². The highest BCUT2D eigenvalue weighted by Crippen LogP contribution is 2.18. The fourth-order valence-electron chi connectivity index (χ4n) is 2.23. The Morgan fingerprint density at radius 2 is 1.72 bits per heavy atom. The van der Waals surface area contributed by atoms with E-state index in [2.05, 4.69) is 10.0 Å². The summed E-state index contributed by atoms with van der Waals surface area (Å²) in [6.07, 6.45) is 1.04. The Balaban J connectivity index is 2.68. The highest BCUT2D eigenvalue weighted by Gasteiger charge is 2.18. The number of hydrogen-bond donors (Lipinski definition) is 2. The van der Waals surface area contributed by atoms with E-state index in [1.165, 1.54) is 12.1 Å². The first kappa shape index (κ1) is 21.4. The molecule has 142 valence electrons. The van der Waals surface area contributed by atoms with Gasteiger partial charge in [-0.05, 0) is 50.5 Å². The van der Waals surface area contributed by atoms with Gasteiger partial charge in [0.1, 0.15) is 5.75 Å². The van der Waals surface area contributed by atoms with Crippen LogP contribution in [0.2, 0.25) is 0 Å². The molecule has 0 aliphatic heterocycles. The fraction of sp³-hybridized carbons (Fsp3) is 0.611. The summed E-state index contributed by atoms with van der Waals surface area (Å²) in [6, 6.07) is 5.97. The smallest absolute Gasteiger partial charge is 0.260 e. The minimum absolute atomic E-state index is 0.115. The zero-order valence-corrected chi connectivity index (χ0v) is 16.5. The molecular weight excluding hydrogens is 340 g/mol. The van der Waals surface area contributed by atoms with Crippen molar-refractivity contribution < 1.29 is 17.9 Å². The van der Waals surface area contributed by atoms with E-state index >= 15 is 0 Å². The summed E-state index contributed by atoms with van der Waals surface area (Å²) >= 11 is 0. The Labute approximate surface area is 151 Å². The van der Waals surface area contributed by atoms with Crippen molar-refractivity contribution in [2.45, 2.75) is 64.5 Å². The molecule has 0 aromatic heterocycles. The topological polar surface area (TPSA) is 84.5 Å². The van der Waals surface area contributed by atoms with E-state index < -0.39 is 16.1 Å². The van der Waals surface area contributed by atoms with Gasteiger partial charge in [0.15, 0.2) is 6.10 Å². The molecule has 1 aromatic carbocycles. The minimum Gasteiger partial charge on any atom is -0.481 e. The van der Waals surface area contributed by atoms with Gasteiger partial charge >= 0.3 is 0 Å². The third-order valence-electron chi connectivity index (χ3n) is 3.58. The standard InChI is InChI=1S/C18H30N2O4S/c1-6-7-14(4)20-25(22,23)17-10-8-16(9-11-17)24-15(5)18(21)19-12-13(2)3/h8-11,13-15,20H,6-7,12H2,1-5H3,(H,19,21)/t14-,15+/m0/s1. The van der Waals surface area contributed by atoms with Crippen LogP contribution in [0.5, 0.6) is 5.75 Å². The maximum absolute atomic E-state index is 12.3. The van der Waals surface area contributed by atoms with Crippen molar-refractivity contribution in [2.24, 2.45) is 5.92 Å². The predicted octanol–water partition coefficient (Wildman–Crippen LogP) is 2.69. The minimum atomic E-state index is -3.55. The first-order chi connectivity index (χ1) is 11.7. The van der Waals surface area contributed by atoms with Crippen LogP contribution in [0.25, 0.3) is 0 Å². The number of carbonyl (C=O) groups is 1. The maximum atomic E-state index is 12.3. The van der Waals surface area contributed by atoms with E-state index in [0.717, 1.165) is 12.8 Å². The summed E-state index contributed by atoms with van der Waals surface area (Å²) in [4.78, 5) is 12.1. The monoisotopic (exact) mass is 370 g/mol. The molecule has 0 fully saturated rings. The second-order valence-corrected chi connectivity index (χ2v) is 8.40. The largest absolute Gasteiger partial charge is 0.481 e. The van der Waals surface area contributed by atoms with Crippen molar-refractivity contribution in [1.29, 1.82) is 0 Å². The fourth-order valence-corrected chi connectivity index (χ4v) is 3.51. The van der Waals surface area contributed by atoms with E-state index in [1.54, 1.807) is 19.1 Å². The molecule has 0 unspecified atom stereocenters. The van der Waals surface area contributed by atoms with Crippen LogP contribution < -0.4 is 14.8 Å². The molecule has 0 aliphatic rings. The van der Waals surface area contributed by atoms with Gasteiger partial charge in [0.2, 0.25) is 10.0 Å². The number of nitrogens with one attached hydrogen (secondary N) is 2. The summed E-state index contributed by atoms with van der Waals surface area (Å²) in [5, 5.41) is 2.80. The molecule has 1 rings (SSSR count). The molecule has 0 saturated heterocycles. The van der Waals surface area contributed by atoms with Gasteiger partial charge in [-0.3, -0.25) is 4.79 Å². The zero-order valence-electron chi connectivity index (χ0n) is 15.7. The molecule has 0 aliphatic carbocycles. The number of sulfonamides is 1. The van der Waals surface area contributed by atoms with Gasteiger partial charge in [-0.1, -0.05) is 27.2 Å². The molecule has 2 N–H and O–H groups in total. The average molecular weight is 371 g/mol. The quantitative estimate of drug-likeness (QED) is 0.663. The molecule has 0 heterocycles. The van der Waals surface area contributed by atoms with E-state index in [0.29, 0.717) is 18.2 Å². The molecule has 0 bridgehead atoms. The lowest BCUT2D eigenvalue weighted by Gasteiger charge is -2.16. The van der Waals surface area contributed by atoms with E-state index in [-0.39, 0.29) is 16.8 Å². The number of rotatable bonds is 10. The van der Waals surface area contributed by atoms with Gasteiger partial charge in [0.25, 0.3) is 5.91 Å². The summed E-state index contributed by atoms with van der Waals surface area (Å²) in [7, 11) is -3.55. The average Bonchev–Trinajstić information content (AvgIpc) is 2.52. The Bertz CT molecular complexity index is 642. The molecule has 1 amide bonds. The van der Waals surface area contributed by atoms with Crippen molar-refractivity contribution >= 4 is 15.9 Å². The Morgan fingerprint density at radius 3 is 2.24 bits per heavy atom. The van der Waals surface area contributed by atoms with Gasteiger partial charge in [0, 0.05) is 12.6 Å². The lowest BCUT2D eigenvalue weighted by atomic mass is 10.2. The van der Waals surface area contributed by atoms with Crippen LogP contribution in [0.15, 0.2) is 29.2 Å². The van der Waals surface area contributed by atoms with Gasteiger partial charge in [-0.2, -0.15) is 0 Å². The highest BCUT2D eigenvalue weighted by atomic mass is 32.2. The number of benzene rings is 1. The molecule has 2 atom stereocenters. The van der Waals surface area contributed by atoms with E-state index in [4.69, 9.17) is 4.74 Å². The van der Waals surface area contributed by atoms with Crippen LogP contribution in [0.4, 0.5) is 0 Å². The third-order valence-corrected chi connectivity index (χ3v) is 5.18. The van der Waals surface area contributed by atoms with Gasteiger partial charge in [0.05, 0.1) is 4.90 Å². The van der Waals surface area contributed by atoms with Gasteiger partial charge in [-0.15, -0.1) is 0 Å². The van der Waals surface area contributed by atoms with Crippen LogP contribution in [0.1, 0.15) is 47.5 Å². The molecular formula is C18H30N2O4S. The van der Waals surface area contributed by atoms with Crippen molar-refractivity contribution in [3.05, 3.63) is 24.3 Å². The van der Waals surface area contributed by atoms with Crippen LogP contribution in [-0.2, 0) is 14.8 Å². The number of hydrogen-bond acceptors (Lipinski definition) is 4.